The highest BCUT2D eigenvalue weighted by Crippen LogP contribution is 2.33. The van der Waals surface area contributed by atoms with Crippen molar-refractivity contribution < 1.29 is 23.0 Å². The van der Waals surface area contributed by atoms with Gasteiger partial charge in [-0.1, -0.05) is 19.9 Å². The van der Waals surface area contributed by atoms with Gasteiger partial charge in [0.15, 0.2) is 12.4 Å². The highest BCUT2D eigenvalue weighted by Gasteiger charge is 2.34. The van der Waals surface area contributed by atoms with Gasteiger partial charge in [0.05, 0.1) is 24.3 Å². The first-order valence-corrected chi connectivity index (χ1v) is 13.0. The number of amidine groups is 1. The molecule has 1 atom stereocenters. The molecule has 3 N–H and O–H groups in total. The van der Waals surface area contributed by atoms with Crippen molar-refractivity contribution >= 4 is 40.4 Å². The van der Waals surface area contributed by atoms with Gasteiger partial charge in [-0.3, -0.25) is 19.7 Å². The standard InChI is InChI=1S/C27H37F2N7O3/c1-5-12-38-15-23(31-3)33-13-18(2)19-9-10-20-24(35-22(30)14-32-20)25(19)39-17-27(28,29)16-34-26(37)21-8-6-7-11-36(21)4/h9-10,13-14,21H,2,5-8,11-12,15-17H2,1,3-4H3,(H2,30,35)(H,34,37)/b31-23-,33-13-. The molecule has 0 spiro atoms. The average Bonchev–Trinajstić information content (AvgIpc) is 2.92. The van der Waals surface area contributed by atoms with Crippen LogP contribution in [0.5, 0.6) is 5.75 Å². The summed E-state index contributed by atoms with van der Waals surface area (Å²) in [6.07, 6.45) is 6.21. The summed E-state index contributed by atoms with van der Waals surface area (Å²) in [5.74, 6) is -3.18. The first-order valence-electron chi connectivity index (χ1n) is 13.0. The number of alkyl halides is 2. The van der Waals surface area contributed by atoms with Gasteiger partial charge in [-0.05, 0) is 50.6 Å². The summed E-state index contributed by atoms with van der Waals surface area (Å²) < 4.78 is 40.9. The molecule has 1 aliphatic heterocycles. The Bertz CT molecular complexity index is 1220. The fraction of sp³-hybridized carbons (Fsp3) is 0.519. The van der Waals surface area contributed by atoms with Crippen molar-refractivity contribution in [2.24, 2.45) is 9.98 Å². The van der Waals surface area contributed by atoms with E-state index in [0.29, 0.717) is 35.5 Å². The number of nitrogen functional groups attached to an aromatic ring is 1. The van der Waals surface area contributed by atoms with Crippen molar-refractivity contribution in [3.8, 4) is 5.75 Å². The number of aromatic nitrogens is 2. The highest BCUT2D eigenvalue weighted by atomic mass is 19.3. The van der Waals surface area contributed by atoms with E-state index in [1.807, 2.05) is 18.9 Å². The number of amides is 1. The lowest BCUT2D eigenvalue weighted by Crippen LogP contribution is -2.50. The topological polar surface area (TPSA) is 127 Å². The molecule has 12 heteroatoms. The zero-order valence-corrected chi connectivity index (χ0v) is 22.8. The number of nitrogens with one attached hydrogen (secondary N) is 1. The maximum atomic E-state index is 14.9. The van der Waals surface area contributed by atoms with E-state index in [4.69, 9.17) is 15.2 Å². The number of allylic oxidation sites excluding steroid dienone is 1. The van der Waals surface area contributed by atoms with Crippen LogP contribution in [0.25, 0.3) is 16.6 Å². The molecule has 1 fully saturated rings. The number of nitrogens with zero attached hydrogens (tertiary/aromatic N) is 5. The van der Waals surface area contributed by atoms with Crippen molar-refractivity contribution in [2.75, 3.05) is 52.7 Å². The number of ether oxygens (including phenoxy) is 2. The van der Waals surface area contributed by atoms with Crippen LogP contribution in [0.2, 0.25) is 0 Å². The minimum Gasteiger partial charge on any atom is -0.484 e. The Balaban J connectivity index is 1.77. The van der Waals surface area contributed by atoms with E-state index in [0.717, 1.165) is 25.8 Å². The third-order valence-electron chi connectivity index (χ3n) is 6.26. The van der Waals surface area contributed by atoms with Gasteiger partial charge in [-0.25, -0.2) is 18.8 Å². The molecule has 0 radical (unpaired) electrons. The minimum absolute atomic E-state index is 0.0407. The van der Waals surface area contributed by atoms with Crippen LogP contribution < -0.4 is 15.8 Å². The molecule has 2 heterocycles. The van der Waals surface area contributed by atoms with Crippen LogP contribution in [0.3, 0.4) is 0 Å². The number of fused-ring (bicyclic) bond motifs is 1. The maximum absolute atomic E-state index is 14.9. The summed E-state index contributed by atoms with van der Waals surface area (Å²) in [5, 5.41) is 2.38. The number of halogens is 2. The van der Waals surface area contributed by atoms with E-state index in [9.17, 15) is 13.6 Å². The molecule has 0 bridgehead atoms. The second-order valence-electron chi connectivity index (χ2n) is 9.44. The van der Waals surface area contributed by atoms with Gasteiger partial charge in [0.25, 0.3) is 5.92 Å². The second-order valence-corrected chi connectivity index (χ2v) is 9.44. The zero-order valence-electron chi connectivity index (χ0n) is 22.8. The van der Waals surface area contributed by atoms with Crippen LogP contribution in [0.4, 0.5) is 14.6 Å². The molecule has 1 amide bonds. The summed E-state index contributed by atoms with van der Waals surface area (Å²) in [7, 11) is 3.42. The van der Waals surface area contributed by atoms with Crippen LogP contribution in [0.1, 0.15) is 38.2 Å². The first kappa shape index (κ1) is 30.0. The molecule has 39 heavy (non-hydrogen) atoms. The normalized spacial score (nSPS) is 17.1. The molecule has 1 aliphatic rings. The number of anilines is 1. The Hall–Kier alpha value is -3.51. The van der Waals surface area contributed by atoms with E-state index in [-0.39, 0.29) is 23.7 Å². The number of hydrogen-bond donors (Lipinski definition) is 2. The number of likely N-dealkylation sites (N-methyl/N-ethyl adjacent to an activating group) is 1. The Morgan fingerprint density at radius 3 is 2.90 bits per heavy atom. The van der Waals surface area contributed by atoms with E-state index in [2.05, 4.69) is 31.8 Å². The zero-order chi connectivity index (χ0) is 28.4. The van der Waals surface area contributed by atoms with Gasteiger partial charge in [0.1, 0.15) is 23.8 Å². The lowest BCUT2D eigenvalue weighted by Gasteiger charge is -2.31. The molecule has 1 unspecified atom stereocenters. The minimum atomic E-state index is -3.36. The summed E-state index contributed by atoms with van der Waals surface area (Å²) in [6.45, 7) is 5.72. The van der Waals surface area contributed by atoms with Gasteiger partial charge in [0.2, 0.25) is 5.91 Å². The van der Waals surface area contributed by atoms with Crippen molar-refractivity contribution in [3.63, 3.8) is 0 Å². The number of carbonyl (C=O) groups excluding carboxylic acids is 1. The van der Waals surface area contributed by atoms with Crippen molar-refractivity contribution in [2.45, 2.75) is 44.6 Å². The number of rotatable bonds is 12. The molecule has 2 aromatic rings. The predicted octanol–water partition coefficient (Wildman–Crippen LogP) is 3.37. The molecule has 0 saturated carbocycles. The van der Waals surface area contributed by atoms with Crippen molar-refractivity contribution in [1.29, 1.82) is 0 Å². The summed E-state index contributed by atoms with van der Waals surface area (Å²) in [6, 6.07) is 2.90. The highest BCUT2D eigenvalue weighted by molar-refractivity contribution is 6.14. The molecule has 1 aromatic carbocycles. The third-order valence-corrected chi connectivity index (χ3v) is 6.26. The Kier molecular flexibility index (Phi) is 10.8. The van der Waals surface area contributed by atoms with Crippen LogP contribution in [-0.4, -0.2) is 91.8 Å². The predicted molar refractivity (Wildman–Crippen MR) is 150 cm³/mol. The molecular weight excluding hydrogens is 508 g/mol. The van der Waals surface area contributed by atoms with Gasteiger partial charge in [-0.2, -0.15) is 0 Å². The van der Waals surface area contributed by atoms with Crippen molar-refractivity contribution in [3.05, 3.63) is 30.5 Å². The number of hydrogen-bond acceptors (Lipinski definition) is 8. The lowest BCUT2D eigenvalue weighted by molar-refractivity contribution is -0.129. The van der Waals surface area contributed by atoms with E-state index < -0.39 is 31.0 Å². The molecular formula is C27H37F2N7O3. The summed E-state index contributed by atoms with van der Waals surface area (Å²) in [5.41, 5.74) is 7.22. The van der Waals surface area contributed by atoms with Crippen molar-refractivity contribution in [1.82, 2.24) is 20.2 Å². The van der Waals surface area contributed by atoms with Gasteiger partial charge in [0, 0.05) is 25.4 Å². The number of likely N-dealkylation sites (tertiary alicyclic amines) is 1. The molecule has 1 aromatic heterocycles. The summed E-state index contributed by atoms with van der Waals surface area (Å²) >= 11 is 0. The Morgan fingerprint density at radius 1 is 1.38 bits per heavy atom. The van der Waals surface area contributed by atoms with Crippen LogP contribution in [0, 0.1) is 0 Å². The second kappa shape index (κ2) is 14.0. The number of aliphatic imine (C=N–C) groups is 2. The molecule has 3 rings (SSSR count). The number of piperidine rings is 1. The van der Waals surface area contributed by atoms with E-state index >= 15 is 0 Å². The molecule has 0 aliphatic carbocycles. The lowest BCUT2D eigenvalue weighted by atomic mass is 10.0. The van der Waals surface area contributed by atoms with Gasteiger partial charge < -0.3 is 20.5 Å². The fourth-order valence-corrected chi connectivity index (χ4v) is 4.12. The number of carbonyl (C=O) groups is 1. The fourth-order valence-electron chi connectivity index (χ4n) is 4.12. The van der Waals surface area contributed by atoms with Crippen LogP contribution in [0.15, 0.2) is 34.9 Å². The van der Waals surface area contributed by atoms with E-state index in [1.165, 1.54) is 12.4 Å². The van der Waals surface area contributed by atoms with E-state index in [1.54, 1.807) is 19.2 Å². The van der Waals surface area contributed by atoms with Gasteiger partial charge >= 0.3 is 0 Å². The quantitative estimate of drug-likeness (QED) is 0.238. The summed E-state index contributed by atoms with van der Waals surface area (Å²) in [4.78, 5) is 31.3. The Labute approximate surface area is 227 Å². The largest absolute Gasteiger partial charge is 0.484 e. The molecule has 1 saturated heterocycles. The van der Waals surface area contributed by atoms with Crippen LogP contribution in [-0.2, 0) is 9.53 Å². The SMILES string of the molecule is C=C(/C=N\C(COCCC)=N/C)c1ccc2ncc(N)nc2c1OCC(F)(F)CNC(=O)C1CCCCN1C. The molecule has 212 valence electrons. The maximum Gasteiger partial charge on any atom is 0.298 e. The van der Waals surface area contributed by atoms with Crippen LogP contribution >= 0.6 is 0 Å². The number of nitrogens with two attached hydrogens (primary N) is 1. The third kappa shape index (κ3) is 8.49. The monoisotopic (exact) mass is 545 g/mol. The van der Waals surface area contributed by atoms with Gasteiger partial charge in [-0.15, -0.1) is 0 Å². The number of benzene rings is 1. The molecule has 10 nitrogen and oxygen atoms in total. The first-order chi connectivity index (χ1) is 18.6. The Morgan fingerprint density at radius 2 is 2.18 bits per heavy atom. The smallest absolute Gasteiger partial charge is 0.298 e. The average molecular weight is 546 g/mol.